The monoisotopic (exact) mass is 415 g/mol. The van der Waals surface area contributed by atoms with Crippen molar-refractivity contribution in [2.45, 2.75) is 11.2 Å². The first-order valence-corrected chi connectivity index (χ1v) is 11.1. The van der Waals surface area contributed by atoms with Gasteiger partial charge in [0.1, 0.15) is 5.82 Å². The summed E-state index contributed by atoms with van der Waals surface area (Å²) >= 11 is 1.54. The molecule has 0 saturated carbocycles. The minimum Gasteiger partial charge on any atom is -0.287 e. The van der Waals surface area contributed by atoms with Gasteiger partial charge in [0.2, 0.25) is 5.91 Å². The van der Waals surface area contributed by atoms with E-state index in [1.165, 1.54) is 12.1 Å². The Labute approximate surface area is 180 Å². The van der Waals surface area contributed by atoms with Crippen molar-refractivity contribution in [3.63, 3.8) is 0 Å². The Morgan fingerprint density at radius 3 is 2.13 bits per heavy atom. The van der Waals surface area contributed by atoms with Crippen LogP contribution in [0.5, 0.6) is 0 Å². The van der Waals surface area contributed by atoms with E-state index in [0.29, 0.717) is 5.69 Å². The molecule has 1 aliphatic rings. The number of thioether (sulfide) groups is 1. The zero-order valence-corrected chi connectivity index (χ0v) is 17.4. The molecule has 3 aromatic rings. The summed E-state index contributed by atoms with van der Waals surface area (Å²) in [5.41, 5.74) is 3.90. The maximum absolute atomic E-state index is 13.4. The molecule has 0 aliphatic carbocycles. The molecule has 0 aromatic heterocycles. The number of amides is 1. The summed E-state index contributed by atoms with van der Waals surface area (Å²) in [6.07, 6.45) is 8.00. The molecule has 2 atom stereocenters. The van der Waals surface area contributed by atoms with E-state index in [0.717, 1.165) is 16.7 Å². The van der Waals surface area contributed by atoms with E-state index in [9.17, 15) is 9.18 Å². The number of anilines is 1. The van der Waals surface area contributed by atoms with Crippen molar-refractivity contribution in [1.29, 1.82) is 0 Å². The highest BCUT2D eigenvalue weighted by Gasteiger charge is 2.38. The molecule has 1 amide bonds. The fourth-order valence-corrected chi connectivity index (χ4v) is 4.62. The zero-order chi connectivity index (χ0) is 20.9. The Morgan fingerprint density at radius 2 is 1.50 bits per heavy atom. The summed E-state index contributed by atoms with van der Waals surface area (Å²) in [7, 11) is 0. The third-order valence-corrected chi connectivity index (χ3v) is 6.19. The van der Waals surface area contributed by atoms with E-state index >= 15 is 0 Å². The third-order valence-electron chi connectivity index (χ3n) is 5.21. The second kappa shape index (κ2) is 9.14. The van der Waals surface area contributed by atoms with Crippen LogP contribution in [-0.4, -0.2) is 17.4 Å². The van der Waals surface area contributed by atoms with Crippen LogP contribution in [0.25, 0.3) is 6.08 Å². The smallest absolute Gasteiger partial charge is 0.245 e. The van der Waals surface area contributed by atoms with Crippen molar-refractivity contribution in [1.82, 2.24) is 0 Å². The lowest BCUT2D eigenvalue weighted by atomic mass is 9.85. The molecular weight excluding hydrogens is 393 g/mol. The average Bonchev–Trinajstić information content (AvgIpc) is 2.80. The summed E-state index contributed by atoms with van der Waals surface area (Å²) in [6.45, 7) is 0. The standard InChI is InChI=1S/C26H22FNOS/c1-30-25-24(20-10-6-3-7-11-20)21(13-12-19-8-4-2-5-9-19)18-28(26(25)29)23-16-14-22(27)15-17-23/h2-18,24-25H,1H3/b13-12+/t24-,25+/m0/s1. The van der Waals surface area contributed by atoms with Gasteiger partial charge in [0, 0.05) is 17.8 Å². The number of allylic oxidation sites excluding steroid dienone is 2. The van der Waals surface area contributed by atoms with E-state index in [-0.39, 0.29) is 22.9 Å². The van der Waals surface area contributed by atoms with E-state index in [1.807, 2.05) is 61.0 Å². The van der Waals surface area contributed by atoms with Gasteiger partial charge in [-0.2, -0.15) is 11.8 Å². The van der Waals surface area contributed by atoms with E-state index in [4.69, 9.17) is 0 Å². The molecule has 0 radical (unpaired) electrons. The van der Waals surface area contributed by atoms with Crippen LogP contribution in [0.15, 0.2) is 103 Å². The Balaban J connectivity index is 1.81. The first kappa shape index (κ1) is 20.2. The molecule has 0 bridgehead atoms. The van der Waals surface area contributed by atoms with Gasteiger partial charge in [-0.15, -0.1) is 0 Å². The predicted octanol–water partition coefficient (Wildman–Crippen LogP) is 6.29. The summed E-state index contributed by atoms with van der Waals surface area (Å²) < 4.78 is 13.4. The molecule has 30 heavy (non-hydrogen) atoms. The number of halogens is 1. The zero-order valence-electron chi connectivity index (χ0n) is 16.6. The quantitative estimate of drug-likeness (QED) is 0.488. The van der Waals surface area contributed by atoms with Crippen molar-refractivity contribution < 1.29 is 9.18 Å². The first-order valence-electron chi connectivity index (χ1n) is 9.78. The highest BCUT2D eigenvalue weighted by atomic mass is 32.2. The lowest BCUT2D eigenvalue weighted by Gasteiger charge is -2.36. The van der Waals surface area contributed by atoms with Gasteiger partial charge in [-0.3, -0.25) is 9.69 Å². The van der Waals surface area contributed by atoms with Crippen LogP contribution in [0.1, 0.15) is 17.0 Å². The van der Waals surface area contributed by atoms with E-state index < -0.39 is 0 Å². The van der Waals surface area contributed by atoms with Gasteiger partial charge in [0.25, 0.3) is 0 Å². The number of benzene rings is 3. The van der Waals surface area contributed by atoms with Gasteiger partial charge < -0.3 is 0 Å². The number of rotatable bonds is 5. The predicted molar refractivity (Wildman–Crippen MR) is 124 cm³/mol. The fourth-order valence-electron chi connectivity index (χ4n) is 3.72. The van der Waals surface area contributed by atoms with Gasteiger partial charge in [-0.1, -0.05) is 72.8 Å². The highest BCUT2D eigenvalue weighted by molar-refractivity contribution is 8.00. The van der Waals surface area contributed by atoms with Gasteiger partial charge in [0.05, 0.1) is 5.25 Å². The van der Waals surface area contributed by atoms with Gasteiger partial charge in [0.15, 0.2) is 0 Å². The minimum absolute atomic E-state index is 0.000165. The van der Waals surface area contributed by atoms with Crippen molar-refractivity contribution in [3.8, 4) is 0 Å². The summed E-state index contributed by atoms with van der Waals surface area (Å²) in [4.78, 5) is 15.0. The molecular formula is C26H22FNOS. The van der Waals surface area contributed by atoms with Crippen molar-refractivity contribution in [3.05, 3.63) is 120 Å². The number of nitrogens with zero attached hydrogens (tertiary/aromatic N) is 1. The second-order valence-electron chi connectivity index (χ2n) is 7.10. The normalized spacial score (nSPS) is 19.2. The van der Waals surface area contributed by atoms with Crippen molar-refractivity contribution >= 4 is 29.4 Å². The molecule has 0 spiro atoms. The van der Waals surface area contributed by atoms with Crippen LogP contribution in [0.2, 0.25) is 0 Å². The highest BCUT2D eigenvalue weighted by Crippen LogP contribution is 2.40. The molecule has 1 aliphatic heterocycles. The summed E-state index contributed by atoms with van der Waals surface area (Å²) in [6, 6.07) is 26.3. The molecule has 150 valence electrons. The minimum atomic E-state index is -0.319. The molecule has 4 rings (SSSR count). The SMILES string of the molecule is CS[C@H]1C(=O)N(c2ccc(F)cc2)C=C(/C=C/c2ccccc2)[C@@H]1c1ccccc1. The first-order chi connectivity index (χ1) is 14.7. The largest absolute Gasteiger partial charge is 0.287 e. The Kier molecular flexibility index (Phi) is 6.15. The molecule has 0 N–H and O–H groups in total. The van der Waals surface area contributed by atoms with E-state index in [2.05, 4.69) is 24.3 Å². The van der Waals surface area contributed by atoms with E-state index in [1.54, 1.807) is 28.8 Å². The lowest BCUT2D eigenvalue weighted by molar-refractivity contribution is -0.118. The maximum Gasteiger partial charge on any atom is 0.245 e. The van der Waals surface area contributed by atoms with Crippen LogP contribution < -0.4 is 4.90 Å². The average molecular weight is 416 g/mol. The summed E-state index contributed by atoms with van der Waals surface area (Å²) in [5, 5.41) is -0.280. The molecule has 2 nitrogen and oxygen atoms in total. The molecule has 1 heterocycles. The second-order valence-corrected chi connectivity index (χ2v) is 8.08. The fraction of sp³-hybridized carbons (Fsp3) is 0.115. The van der Waals surface area contributed by atoms with Crippen LogP contribution in [-0.2, 0) is 4.79 Å². The van der Waals surface area contributed by atoms with Gasteiger partial charge in [-0.25, -0.2) is 4.39 Å². The van der Waals surface area contributed by atoms with Gasteiger partial charge >= 0.3 is 0 Å². The van der Waals surface area contributed by atoms with Crippen LogP contribution in [0, 0.1) is 5.82 Å². The van der Waals surface area contributed by atoms with Gasteiger partial charge in [-0.05, 0) is 47.2 Å². The summed E-state index contributed by atoms with van der Waals surface area (Å²) in [5.74, 6) is -0.384. The Hall–Kier alpha value is -3.11. The van der Waals surface area contributed by atoms with Crippen molar-refractivity contribution in [2.75, 3.05) is 11.2 Å². The number of carbonyl (C=O) groups is 1. The maximum atomic E-state index is 13.4. The van der Waals surface area contributed by atoms with Crippen LogP contribution in [0.3, 0.4) is 0 Å². The molecule has 0 saturated heterocycles. The molecule has 0 fully saturated rings. The molecule has 0 unspecified atom stereocenters. The Morgan fingerprint density at radius 1 is 0.867 bits per heavy atom. The number of hydrogen-bond donors (Lipinski definition) is 0. The molecule has 4 heteroatoms. The van der Waals surface area contributed by atoms with Crippen molar-refractivity contribution in [2.24, 2.45) is 0 Å². The Bertz CT molecular complexity index is 1060. The number of hydrogen-bond acceptors (Lipinski definition) is 2. The number of carbonyl (C=O) groups excluding carboxylic acids is 1. The topological polar surface area (TPSA) is 20.3 Å². The molecule has 3 aromatic carbocycles. The third kappa shape index (κ3) is 4.24. The lowest BCUT2D eigenvalue weighted by Crippen LogP contribution is -2.42. The van der Waals surface area contributed by atoms with Crippen LogP contribution in [0.4, 0.5) is 10.1 Å². The van der Waals surface area contributed by atoms with Crippen LogP contribution >= 0.6 is 11.8 Å².